The van der Waals surface area contributed by atoms with Crippen LogP contribution in [0.5, 0.6) is 0 Å². The first kappa shape index (κ1) is 13.0. The van der Waals surface area contributed by atoms with Crippen molar-refractivity contribution in [1.29, 1.82) is 0 Å². The van der Waals surface area contributed by atoms with E-state index in [4.69, 9.17) is 0 Å². The number of rotatable bonds is 0. The Bertz CT molecular complexity index is 1280. The number of aromatic nitrogens is 1. The van der Waals surface area contributed by atoms with Crippen molar-refractivity contribution in [1.82, 2.24) is 4.98 Å². The molecule has 0 fully saturated rings. The van der Waals surface area contributed by atoms with Crippen molar-refractivity contribution in [2.75, 3.05) is 0 Å². The zero-order valence-corrected chi connectivity index (χ0v) is 14.2. The molecule has 3 heterocycles. The summed E-state index contributed by atoms with van der Waals surface area (Å²) in [5.74, 6) is 0. The maximum Gasteiger partial charge on any atom is 0.109 e. The van der Waals surface area contributed by atoms with Crippen molar-refractivity contribution >= 4 is 54.0 Å². The lowest BCUT2D eigenvalue weighted by Crippen LogP contribution is -1.94. The lowest BCUT2D eigenvalue weighted by Gasteiger charge is -2.19. The van der Waals surface area contributed by atoms with Crippen molar-refractivity contribution in [3.8, 4) is 11.1 Å². The van der Waals surface area contributed by atoms with Crippen molar-refractivity contribution in [3.05, 3.63) is 66.9 Å². The first-order chi connectivity index (χ1) is 11.9. The molecule has 0 bridgehead atoms. The molecular weight excluding hydrogens is 330 g/mol. The topological polar surface area (TPSA) is 12.9 Å². The molecule has 0 spiro atoms. The molecule has 0 aliphatic carbocycles. The van der Waals surface area contributed by atoms with Gasteiger partial charge in [0.15, 0.2) is 0 Å². The molecule has 1 aliphatic heterocycles. The van der Waals surface area contributed by atoms with Crippen LogP contribution in [0.3, 0.4) is 0 Å². The van der Waals surface area contributed by atoms with E-state index in [2.05, 4.69) is 59.6 Å². The highest BCUT2D eigenvalue weighted by Gasteiger charge is 2.22. The Kier molecular flexibility index (Phi) is 2.49. The van der Waals surface area contributed by atoms with Crippen molar-refractivity contribution in [3.63, 3.8) is 0 Å². The Labute approximate surface area is 147 Å². The molecule has 112 valence electrons. The van der Waals surface area contributed by atoms with Crippen molar-refractivity contribution in [2.24, 2.45) is 0 Å². The van der Waals surface area contributed by atoms with Gasteiger partial charge in [0.05, 0.1) is 0 Å². The summed E-state index contributed by atoms with van der Waals surface area (Å²) in [6.45, 7) is 0. The first-order valence-corrected chi connectivity index (χ1v) is 9.54. The fraction of sp³-hybridized carbons (Fsp3) is 0. The van der Waals surface area contributed by atoms with Gasteiger partial charge in [-0.1, -0.05) is 48.2 Å². The molecule has 0 N–H and O–H groups in total. The Balaban J connectivity index is 1.91. The highest BCUT2D eigenvalue weighted by Crippen LogP contribution is 2.50. The Morgan fingerprint density at radius 2 is 1.67 bits per heavy atom. The van der Waals surface area contributed by atoms with E-state index in [9.17, 15) is 0 Å². The average Bonchev–Trinajstić information content (AvgIpc) is 3.01. The summed E-state index contributed by atoms with van der Waals surface area (Å²) < 4.78 is 2.75. The Hall–Kier alpha value is -2.36. The highest BCUT2D eigenvalue weighted by molar-refractivity contribution is 7.99. The van der Waals surface area contributed by atoms with E-state index in [1.165, 1.54) is 47.0 Å². The largest absolute Gasteiger partial charge is 0.249 e. The number of benzene rings is 3. The van der Waals surface area contributed by atoms with Gasteiger partial charge in [-0.2, -0.15) is 0 Å². The second-order valence-electron chi connectivity index (χ2n) is 6.04. The molecule has 0 atom stereocenters. The van der Waals surface area contributed by atoms with Gasteiger partial charge in [0, 0.05) is 47.6 Å². The molecule has 0 radical (unpaired) electrons. The lowest BCUT2D eigenvalue weighted by atomic mass is 9.96. The molecule has 6 rings (SSSR count). The third-order valence-electron chi connectivity index (χ3n) is 4.73. The maximum absolute atomic E-state index is 4.60. The number of nitrogens with zero attached hydrogens (tertiary/aromatic N) is 1. The first-order valence-electron chi connectivity index (χ1n) is 7.90. The summed E-state index contributed by atoms with van der Waals surface area (Å²) in [6.07, 6.45) is 1.88. The minimum Gasteiger partial charge on any atom is -0.249 e. The predicted molar refractivity (Wildman–Crippen MR) is 104 cm³/mol. The van der Waals surface area contributed by atoms with Gasteiger partial charge in [0.1, 0.15) is 5.03 Å². The predicted octanol–water partition coefficient (Wildman–Crippen LogP) is 6.73. The Morgan fingerprint density at radius 1 is 0.750 bits per heavy atom. The highest BCUT2D eigenvalue weighted by atomic mass is 32.2. The average molecular weight is 341 g/mol. The molecule has 0 saturated carbocycles. The van der Waals surface area contributed by atoms with Gasteiger partial charge in [0.2, 0.25) is 0 Å². The van der Waals surface area contributed by atoms with Crippen molar-refractivity contribution < 1.29 is 0 Å². The molecular formula is C21H11NS2. The van der Waals surface area contributed by atoms with Gasteiger partial charge in [-0.3, -0.25) is 0 Å². The maximum atomic E-state index is 4.60. The molecule has 0 unspecified atom stereocenters. The van der Waals surface area contributed by atoms with E-state index in [0.717, 1.165) is 5.03 Å². The van der Waals surface area contributed by atoms with Crippen LogP contribution >= 0.6 is 23.1 Å². The van der Waals surface area contributed by atoms with Crippen LogP contribution in [0.2, 0.25) is 0 Å². The molecule has 3 aromatic carbocycles. The van der Waals surface area contributed by atoms with Crippen LogP contribution in [-0.4, -0.2) is 4.98 Å². The lowest BCUT2D eigenvalue weighted by molar-refractivity contribution is 1.13. The minimum absolute atomic E-state index is 1.11. The van der Waals surface area contributed by atoms with Crippen LogP contribution in [0.15, 0.2) is 76.8 Å². The molecule has 0 saturated heterocycles. The van der Waals surface area contributed by atoms with Crippen LogP contribution < -0.4 is 0 Å². The molecule has 2 aromatic heterocycles. The Morgan fingerprint density at radius 3 is 2.67 bits per heavy atom. The van der Waals surface area contributed by atoms with Crippen LogP contribution in [-0.2, 0) is 0 Å². The molecule has 1 nitrogen and oxygen atoms in total. The van der Waals surface area contributed by atoms with Gasteiger partial charge in [0.25, 0.3) is 0 Å². The number of hydrogen-bond acceptors (Lipinski definition) is 3. The van der Waals surface area contributed by atoms with Crippen molar-refractivity contribution in [2.45, 2.75) is 9.92 Å². The normalized spacial score (nSPS) is 12.8. The fourth-order valence-electron chi connectivity index (χ4n) is 3.70. The molecule has 1 aliphatic rings. The summed E-state index contributed by atoms with van der Waals surface area (Å²) in [7, 11) is 0. The second kappa shape index (κ2) is 4.59. The van der Waals surface area contributed by atoms with Crippen LogP contribution in [0.1, 0.15) is 0 Å². The summed E-state index contributed by atoms with van der Waals surface area (Å²) in [6, 6.07) is 22.0. The number of pyridine rings is 1. The summed E-state index contributed by atoms with van der Waals surface area (Å²) in [5.41, 5.74) is 2.57. The van der Waals surface area contributed by atoms with Crippen LogP contribution in [0.25, 0.3) is 42.1 Å². The summed E-state index contributed by atoms with van der Waals surface area (Å²) in [5, 5.41) is 6.56. The quantitative estimate of drug-likeness (QED) is 0.304. The van der Waals surface area contributed by atoms with Gasteiger partial charge >= 0.3 is 0 Å². The zero-order chi connectivity index (χ0) is 15.7. The monoisotopic (exact) mass is 341 g/mol. The fourth-order valence-corrected chi connectivity index (χ4v) is 5.99. The zero-order valence-electron chi connectivity index (χ0n) is 12.6. The SMILES string of the molecule is c1cnc2c(c1)-c1cc3c4ccccc4sc3c3cccc(c13)S2. The number of thiophene rings is 1. The van der Waals surface area contributed by atoms with Crippen LogP contribution in [0.4, 0.5) is 0 Å². The van der Waals surface area contributed by atoms with E-state index in [1.54, 1.807) is 11.8 Å². The van der Waals surface area contributed by atoms with Gasteiger partial charge < -0.3 is 0 Å². The van der Waals surface area contributed by atoms with Crippen LogP contribution in [0, 0.1) is 0 Å². The molecule has 24 heavy (non-hydrogen) atoms. The van der Waals surface area contributed by atoms with Gasteiger partial charge in [-0.05, 0) is 29.8 Å². The molecule has 0 amide bonds. The summed E-state index contributed by atoms with van der Waals surface area (Å²) in [4.78, 5) is 5.91. The standard InChI is InChI=1S/C21H11NS2/c1-2-8-17-12(5-1)16-11-15-13-7-4-10-22-21(13)24-18-9-3-6-14(19(15)18)20(16)23-17/h1-11H. The smallest absolute Gasteiger partial charge is 0.109 e. The number of fused-ring (bicyclic) bond motifs is 6. The van der Waals surface area contributed by atoms with E-state index >= 15 is 0 Å². The van der Waals surface area contributed by atoms with E-state index < -0.39 is 0 Å². The minimum atomic E-state index is 1.11. The molecule has 5 aromatic rings. The number of hydrogen-bond donors (Lipinski definition) is 0. The third kappa shape index (κ3) is 1.58. The van der Waals surface area contributed by atoms with E-state index in [1.807, 2.05) is 23.6 Å². The van der Waals surface area contributed by atoms with E-state index in [0.29, 0.717) is 0 Å². The second-order valence-corrected chi connectivity index (χ2v) is 8.12. The molecule has 3 heteroatoms. The van der Waals surface area contributed by atoms with Gasteiger partial charge in [-0.15, -0.1) is 11.3 Å². The third-order valence-corrected chi connectivity index (χ3v) is 7.03. The summed E-state index contributed by atoms with van der Waals surface area (Å²) >= 11 is 3.68. The van der Waals surface area contributed by atoms with E-state index in [-0.39, 0.29) is 0 Å². The van der Waals surface area contributed by atoms with Gasteiger partial charge in [-0.25, -0.2) is 4.98 Å².